The number of benzene rings is 2. The van der Waals surface area contributed by atoms with Gasteiger partial charge in [-0.25, -0.2) is 9.40 Å². The highest BCUT2D eigenvalue weighted by molar-refractivity contribution is 6.06. The fourth-order valence-electron chi connectivity index (χ4n) is 3.92. The van der Waals surface area contributed by atoms with Crippen molar-refractivity contribution in [3.63, 3.8) is 0 Å². The Bertz CT molecular complexity index is 878. The van der Waals surface area contributed by atoms with Gasteiger partial charge in [0.2, 0.25) is 5.91 Å². The molecule has 5 heteroatoms. The van der Waals surface area contributed by atoms with Gasteiger partial charge in [0.05, 0.1) is 18.9 Å². The molecule has 0 aromatic heterocycles. The molecule has 0 saturated carbocycles. The van der Waals surface area contributed by atoms with Crippen molar-refractivity contribution in [2.45, 2.75) is 25.8 Å². The molecule has 0 spiro atoms. The molecule has 0 radical (unpaired) electrons. The highest BCUT2D eigenvalue weighted by Crippen LogP contribution is 2.44. The molecule has 0 unspecified atom stereocenters. The maximum Gasteiger partial charge on any atom is 0.240 e. The quantitative estimate of drug-likeness (QED) is 0.838. The van der Waals surface area contributed by atoms with E-state index < -0.39 is 0 Å². The molecule has 0 bridgehead atoms. The number of fused-ring (bicyclic) bond motifs is 3. The van der Waals surface area contributed by atoms with Crippen molar-refractivity contribution < 1.29 is 13.9 Å². The first kappa shape index (κ1) is 15.8. The van der Waals surface area contributed by atoms with E-state index in [9.17, 15) is 9.18 Å². The Balaban J connectivity index is 1.81. The number of hydrazone groups is 1. The van der Waals surface area contributed by atoms with Crippen LogP contribution in [0.4, 0.5) is 4.39 Å². The zero-order chi connectivity index (χ0) is 17.6. The molecule has 4 nitrogen and oxygen atoms in total. The van der Waals surface area contributed by atoms with Gasteiger partial charge in [-0.2, -0.15) is 5.10 Å². The Kier molecular flexibility index (Phi) is 3.79. The molecule has 128 valence electrons. The lowest BCUT2D eigenvalue weighted by Crippen LogP contribution is -2.31. The Morgan fingerprint density at radius 3 is 2.80 bits per heavy atom. The van der Waals surface area contributed by atoms with Crippen molar-refractivity contribution in [1.29, 1.82) is 0 Å². The van der Waals surface area contributed by atoms with Crippen LogP contribution in [0, 0.1) is 11.7 Å². The van der Waals surface area contributed by atoms with E-state index in [4.69, 9.17) is 4.74 Å². The number of methoxy groups -OCH3 is 1. The predicted octanol–water partition coefficient (Wildman–Crippen LogP) is 3.70. The molecule has 2 aromatic rings. The Labute approximate surface area is 145 Å². The third-order valence-corrected chi connectivity index (χ3v) is 5.07. The molecule has 4 rings (SSSR count). The average Bonchev–Trinajstić information content (AvgIpc) is 3.01. The first-order valence-corrected chi connectivity index (χ1v) is 8.40. The molecule has 1 amide bonds. The summed E-state index contributed by atoms with van der Waals surface area (Å²) >= 11 is 0. The summed E-state index contributed by atoms with van der Waals surface area (Å²) in [5.74, 6) is 0.340. The number of carbonyl (C=O) groups is 1. The van der Waals surface area contributed by atoms with Crippen LogP contribution in [0.5, 0.6) is 5.75 Å². The zero-order valence-corrected chi connectivity index (χ0v) is 14.2. The van der Waals surface area contributed by atoms with Gasteiger partial charge in [-0.1, -0.05) is 18.2 Å². The second-order valence-electron chi connectivity index (χ2n) is 6.48. The van der Waals surface area contributed by atoms with Gasteiger partial charge in [-0.3, -0.25) is 4.79 Å². The molecule has 25 heavy (non-hydrogen) atoms. The minimum absolute atomic E-state index is 0.00157. The van der Waals surface area contributed by atoms with E-state index in [1.54, 1.807) is 25.3 Å². The second-order valence-corrected chi connectivity index (χ2v) is 6.48. The molecule has 2 aromatic carbocycles. The highest BCUT2D eigenvalue weighted by Gasteiger charge is 2.43. The molecular formula is C20H19FN2O2. The van der Waals surface area contributed by atoms with Gasteiger partial charge in [0.25, 0.3) is 0 Å². The van der Waals surface area contributed by atoms with Gasteiger partial charge in [0.15, 0.2) is 0 Å². The number of nitrogens with zero attached hydrogens (tertiary/aromatic N) is 2. The molecule has 2 atom stereocenters. The van der Waals surface area contributed by atoms with E-state index in [0.717, 1.165) is 35.4 Å². The van der Waals surface area contributed by atoms with Crippen LogP contribution < -0.4 is 4.74 Å². The minimum Gasteiger partial charge on any atom is -0.497 e. The predicted molar refractivity (Wildman–Crippen MR) is 93.0 cm³/mol. The third-order valence-electron chi connectivity index (χ3n) is 5.07. The van der Waals surface area contributed by atoms with Crippen molar-refractivity contribution >= 4 is 11.6 Å². The standard InChI is InChI=1S/C20H19FN2O2/c1-12(24)23-20(16-5-3-4-6-18(16)21)17-9-7-13-11-14(25-2)8-10-15(13)19(17)22-23/h3-6,8,10-11,17,20H,7,9H2,1-2H3/t17-,20-/m0/s1. The van der Waals surface area contributed by atoms with Gasteiger partial charge in [-0.05, 0) is 42.7 Å². The van der Waals surface area contributed by atoms with Crippen LogP contribution in [-0.2, 0) is 11.2 Å². The van der Waals surface area contributed by atoms with E-state index in [1.165, 1.54) is 18.0 Å². The summed E-state index contributed by atoms with van der Waals surface area (Å²) in [4.78, 5) is 12.2. The molecule has 1 heterocycles. The number of rotatable bonds is 2. The number of halogens is 1. The van der Waals surface area contributed by atoms with Gasteiger partial charge in [-0.15, -0.1) is 0 Å². The van der Waals surface area contributed by atoms with Gasteiger partial charge >= 0.3 is 0 Å². The van der Waals surface area contributed by atoms with Crippen LogP contribution in [0.25, 0.3) is 0 Å². The summed E-state index contributed by atoms with van der Waals surface area (Å²) in [5.41, 5.74) is 3.58. The lowest BCUT2D eigenvalue weighted by molar-refractivity contribution is -0.131. The van der Waals surface area contributed by atoms with Gasteiger partial charge < -0.3 is 4.74 Å². The van der Waals surface area contributed by atoms with Gasteiger partial charge in [0.1, 0.15) is 11.6 Å². The fourth-order valence-corrected chi connectivity index (χ4v) is 3.92. The summed E-state index contributed by atoms with van der Waals surface area (Å²) in [6, 6.07) is 12.2. The third kappa shape index (κ3) is 2.51. The molecule has 1 aliphatic heterocycles. The summed E-state index contributed by atoms with van der Waals surface area (Å²) in [6.07, 6.45) is 1.68. The largest absolute Gasteiger partial charge is 0.497 e. The Morgan fingerprint density at radius 1 is 1.28 bits per heavy atom. The monoisotopic (exact) mass is 338 g/mol. The van der Waals surface area contributed by atoms with Gasteiger partial charge in [0, 0.05) is 24.0 Å². The highest BCUT2D eigenvalue weighted by atomic mass is 19.1. The minimum atomic E-state index is -0.385. The van der Waals surface area contributed by atoms with Crippen LogP contribution >= 0.6 is 0 Å². The van der Waals surface area contributed by atoms with Crippen LogP contribution in [0.3, 0.4) is 0 Å². The van der Waals surface area contributed by atoms with E-state index >= 15 is 0 Å². The fraction of sp³-hybridized carbons (Fsp3) is 0.300. The maximum atomic E-state index is 14.4. The van der Waals surface area contributed by atoms with Crippen LogP contribution in [0.1, 0.15) is 36.1 Å². The Hall–Kier alpha value is -2.69. The number of aryl methyl sites for hydroxylation is 1. The van der Waals surface area contributed by atoms with E-state index in [0.29, 0.717) is 5.56 Å². The van der Waals surface area contributed by atoms with Crippen LogP contribution in [0.2, 0.25) is 0 Å². The van der Waals surface area contributed by atoms with Crippen molar-refractivity contribution in [2.24, 2.45) is 11.0 Å². The van der Waals surface area contributed by atoms with E-state index in [2.05, 4.69) is 5.10 Å². The second kappa shape index (κ2) is 5.99. The zero-order valence-electron chi connectivity index (χ0n) is 14.2. The molecule has 0 saturated heterocycles. The lowest BCUT2D eigenvalue weighted by Gasteiger charge is -2.29. The SMILES string of the molecule is COc1ccc2c(c1)CC[C@H]1C2=NN(C(C)=O)[C@H]1c1ccccc1F. The number of hydrogen-bond donors (Lipinski definition) is 0. The summed E-state index contributed by atoms with van der Waals surface area (Å²) < 4.78 is 19.7. The molecule has 1 aliphatic carbocycles. The molecular weight excluding hydrogens is 319 g/mol. The van der Waals surface area contributed by atoms with Crippen molar-refractivity contribution in [1.82, 2.24) is 5.01 Å². The van der Waals surface area contributed by atoms with Crippen LogP contribution in [-0.4, -0.2) is 23.7 Å². The van der Waals surface area contributed by atoms with Crippen molar-refractivity contribution in [2.75, 3.05) is 7.11 Å². The topological polar surface area (TPSA) is 41.9 Å². The van der Waals surface area contributed by atoms with E-state index in [1.807, 2.05) is 18.2 Å². The summed E-state index contributed by atoms with van der Waals surface area (Å²) in [6.45, 7) is 1.48. The summed E-state index contributed by atoms with van der Waals surface area (Å²) in [5, 5.41) is 6.04. The number of ether oxygens (including phenoxy) is 1. The maximum absolute atomic E-state index is 14.4. The van der Waals surface area contributed by atoms with Crippen molar-refractivity contribution in [3.8, 4) is 5.75 Å². The van der Waals surface area contributed by atoms with Crippen molar-refractivity contribution in [3.05, 3.63) is 65.0 Å². The number of amides is 1. The lowest BCUT2D eigenvalue weighted by atomic mass is 9.77. The normalized spacial score (nSPS) is 21.4. The van der Waals surface area contributed by atoms with Crippen LogP contribution in [0.15, 0.2) is 47.6 Å². The Morgan fingerprint density at radius 2 is 2.08 bits per heavy atom. The first-order chi connectivity index (χ1) is 12.1. The smallest absolute Gasteiger partial charge is 0.240 e. The molecule has 0 N–H and O–H groups in total. The molecule has 0 fully saturated rings. The number of carbonyl (C=O) groups excluding carboxylic acids is 1. The average molecular weight is 338 g/mol. The first-order valence-electron chi connectivity index (χ1n) is 8.40. The molecule has 2 aliphatic rings. The van der Waals surface area contributed by atoms with E-state index in [-0.39, 0.29) is 23.7 Å². The number of hydrogen-bond acceptors (Lipinski definition) is 3. The summed E-state index contributed by atoms with van der Waals surface area (Å²) in [7, 11) is 1.64.